The minimum Gasteiger partial charge on any atom is -0.497 e. The number of methoxy groups -OCH3 is 1. The molecule has 0 aliphatic carbocycles. The van der Waals surface area contributed by atoms with Crippen molar-refractivity contribution >= 4 is 43.9 Å². The second kappa shape index (κ2) is 8.82. The molecule has 0 aliphatic heterocycles. The van der Waals surface area contributed by atoms with Gasteiger partial charge in [0, 0.05) is 34.9 Å². The van der Waals surface area contributed by atoms with E-state index < -0.39 is 15.8 Å². The summed E-state index contributed by atoms with van der Waals surface area (Å²) < 4.78 is 47.6. The van der Waals surface area contributed by atoms with E-state index in [4.69, 9.17) is 16.3 Å². The van der Waals surface area contributed by atoms with Crippen molar-refractivity contribution in [2.75, 3.05) is 19.5 Å². The number of nitrogens with one attached hydrogen (secondary N) is 2. The number of aromatic nitrogens is 1. The van der Waals surface area contributed by atoms with Crippen LogP contribution in [0.1, 0.15) is 5.56 Å². The summed E-state index contributed by atoms with van der Waals surface area (Å²) in [5.74, 6) is -0.0635. The topological polar surface area (TPSA) is 72.4 Å². The monoisotopic (exact) mass is 473 g/mol. The van der Waals surface area contributed by atoms with Gasteiger partial charge in [-0.3, -0.25) is 0 Å². The summed E-state index contributed by atoms with van der Waals surface area (Å²) in [6, 6.07) is 15.9. The highest BCUT2D eigenvalue weighted by Crippen LogP contribution is 2.31. The van der Waals surface area contributed by atoms with Crippen LogP contribution >= 0.6 is 11.6 Å². The molecular formula is C23H21ClFN3O3S. The van der Waals surface area contributed by atoms with Crippen molar-refractivity contribution < 1.29 is 17.5 Å². The molecule has 0 saturated carbocycles. The Morgan fingerprint density at radius 2 is 1.91 bits per heavy atom. The van der Waals surface area contributed by atoms with Gasteiger partial charge in [0.05, 0.1) is 23.2 Å². The minimum absolute atomic E-state index is 0.104. The molecule has 0 aliphatic rings. The second-order valence-corrected chi connectivity index (χ2v) is 9.40. The van der Waals surface area contributed by atoms with Crippen molar-refractivity contribution in [3.63, 3.8) is 0 Å². The van der Waals surface area contributed by atoms with Crippen molar-refractivity contribution in [3.8, 4) is 5.75 Å². The minimum atomic E-state index is -3.91. The van der Waals surface area contributed by atoms with Crippen LogP contribution in [0.25, 0.3) is 10.9 Å². The first-order valence-corrected chi connectivity index (χ1v) is 11.6. The van der Waals surface area contributed by atoms with Gasteiger partial charge in [-0.1, -0.05) is 23.7 Å². The van der Waals surface area contributed by atoms with E-state index in [2.05, 4.69) is 10.6 Å². The van der Waals surface area contributed by atoms with Gasteiger partial charge in [-0.2, -0.15) is 0 Å². The number of nitrogens with zero attached hydrogens (tertiary/aromatic N) is 1. The Balaban J connectivity index is 1.85. The Labute approximate surface area is 190 Å². The number of ether oxygens (including phenoxy) is 1. The van der Waals surface area contributed by atoms with Crippen molar-refractivity contribution in [1.29, 1.82) is 0 Å². The highest BCUT2D eigenvalue weighted by atomic mass is 35.5. The van der Waals surface area contributed by atoms with Crippen LogP contribution in [0.2, 0.25) is 5.02 Å². The number of hydrogen-bond donors (Lipinski definition) is 2. The van der Waals surface area contributed by atoms with Gasteiger partial charge in [-0.15, -0.1) is 0 Å². The SMILES string of the molecule is CNCc1cn(S(=O)(=O)c2cccc(OC)c2)c2cc(Nc3ccc(Cl)cc3F)ccc12. The van der Waals surface area contributed by atoms with Gasteiger partial charge in [0.15, 0.2) is 0 Å². The molecule has 0 amide bonds. The second-order valence-electron chi connectivity index (χ2n) is 7.15. The van der Waals surface area contributed by atoms with E-state index in [9.17, 15) is 12.8 Å². The molecule has 0 fully saturated rings. The zero-order valence-electron chi connectivity index (χ0n) is 17.4. The van der Waals surface area contributed by atoms with Gasteiger partial charge in [0.2, 0.25) is 0 Å². The van der Waals surface area contributed by atoms with E-state index in [0.717, 1.165) is 10.9 Å². The lowest BCUT2D eigenvalue weighted by molar-refractivity contribution is 0.413. The number of benzene rings is 3. The predicted molar refractivity (Wildman–Crippen MR) is 125 cm³/mol. The molecule has 9 heteroatoms. The smallest absolute Gasteiger partial charge is 0.268 e. The molecule has 4 aromatic rings. The maximum atomic E-state index is 14.2. The van der Waals surface area contributed by atoms with Crippen LogP contribution in [0.4, 0.5) is 15.8 Å². The molecule has 1 heterocycles. The number of fused-ring (bicyclic) bond motifs is 1. The fourth-order valence-corrected chi connectivity index (χ4v) is 5.07. The van der Waals surface area contributed by atoms with Crippen LogP contribution in [0, 0.1) is 5.82 Å². The quantitative estimate of drug-likeness (QED) is 0.388. The molecule has 6 nitrogen and oxygen atoms in total. The third-order valence-corrected chi connectivity index (χ3v) is 6.93. The van der Waals surface area contributed by atoms with Crippen LogP contribution in [0.5, 0.6) is 5.75 Å². The number of rotatable bonds is 7. The van der Waals surface area contributed by atoms with Crippen molar-refractivity contribution in [2.45, 2.75) is 11.4 Å². The Hall–Kier alpha value is -3.07. The third kappa shape index (κ3) is 4.17. The molecular weight excluding hydrogens is 453 g/mol. The lowest BCUT2D eigenvalue weighted by Crippen LogP contribution is -2.12. The molecule has 0 spiro atoms. The first kappa shape index (κ1) is 22.1. The first-order chi connectivity index (χ1) is 15.3. The van der Waals surface area contributed by atoms with Gasteiger partial charge >= 0.3 is 0 Å². The Morgan fingerprint density at radius 1 is 1.09 bits per heavy atom. The average molecular weight is 474 g/mol. The lowest BCUT2D eigenvalue weighted by Gasteiger charge is -2.11. The molecule has 0 atom stereocenters. The highest BCUT2D eigenvalue weighted by molar-refractivity contribution is 7.90. The summed E-state index contributed by atoms with van der Waals surface area (Å²) in [4.78, 5) is 0.104. The van der Waals surface area contributed by atoms with Crippen LogP contribution in [-0.2, 0) is 16.6 Å². The molecule has 0 radical (unpaired) electrons. The van der Waals surface area contributed by atoms with E-state index >= 15 is 0 Å². The summed E-state index contributed by atoms with van der Waals surface area (Å²) in [5, 5.41) is 7.11. The van der Waals surface area contributed by atoms with Gasteiger partial charge in [-0.05, 0) is 55.1 Å². The Kier molecular flexibility index (Phi) is 6.10. The Morgan fingerprint density at radius 3 is 2.62 bits per heavy atom. The fourth-order valence-electron chi connectivity index (χ4n) is 3.50. The van der Waals surface area contributed by atoms with Gasteiger partial charge in [-0.25, -0.2) is 16.8 Å². The van der Waals surface area contributed by atoms with E-state index in [1.807, 2.05) is 6.07 Å². The highest BCUT2D eigenvalue weighted by Gasteiger charge is 2.22. The molecule has 166 valence electrons. The maximum absolute atomic E-state index is 14.2. The van der Waals surface area contributed by atoms with Crippen LogP contribution in [0.3, 0.4) is 0 Å². The van der Waals surface area contributed by atoms with Crippen LogP contribution < -0.4 is 15.4 Å². The van der Waals surface area contributed by atoms with E-state index in [1.54, 1.807) is 43.6 Å². The molecule has 0 unspecified atom stereocenters. The Bertz CT molecular complexity index is 1400. The fraction of sp³-hybridized carbons (Fsp3) is 0.130. The van der Waals surface area contributed by atoms with Gasteiger partial charge < -0.3 is 15.4 Å². The number of hydrogen-bond acceptors (Lipinski definition) is 5. The molecule has 1 aromatic heterocycles. The van der Waals surface area contributed by atoms with E-state index in [-0.39, 0.29) is 10.6 Å². The molecule has 2 N–H and O–H groups in total. The van der Waals surface area contributed by atoms with E-state index in [0.29, 0.717) is 28.5 Å². The summed E-state index contributed by atoms with van der Waals surface area (Å²) in [5.41, 5.74) is 2.06. The zero-order chi connectivity index (χ0) is 22.9. The molecule has 0 bridgehead atoms. The first-order valence-electron chi connectivity index (χ1n) is 9.74. The molecule has 0 saturated heterocycles. The average Bonchev–Trinajstić information content (AvgIpc) is 3.14. The van der Waals surface area contributed by atoms with Crippen molar-refractivity contribution in [3.05, 3.63) is 83.3 Å². The summed E-state index contributed by atoms with van der Waals surface area (Å²) in [7, 11) is -0.637. The zero-order valence-corrected chi connectivity index (χ0v) is 19.0. The largest absolute Gasteiger partial charge is 0.497 e. The predicted octanol–water partition coefficient (Wildman–Crippen LogP) is 5.14. The maximum Gasteiger partial charge on any atom is 0.268 e. The van der Waals surface area contributed by atoms with E-state index in [1.165, 1.54) is 35.3 Å². The van der Waals surface area contributed by atoms with Crippen LogP contribution in [0.15, 0.2) is 71.8 Å². The van der Waals surface area contributed by atoms with Gasteiger partial charge in [0.25, 0.3) is 10.0 Å². The van der Waals surface area contributed by atoms with Crippen molar-refractivity contribution in [2.24, 2.45) is 0 Å². The van der Waals surface area contributed by atoms with Crippen LogP contribution in [-0.4, -0.2) is 26.5 Å². The summed E-state index contributed by atoms with van der Waals surface area (Å²) in [6.45, 7) is 0.482. The summed E-state index contributed by atoms with van der Waals surface area (Å²) >= 11 is 5.83. The standard InChI is InChI=1S/C23H21ClFN3O3S/c1-26-13-15-14-28(32(29,30)19-5-3-4-18(12-19)31-2)23-11-17(7-8-20(15)23)27-22-9-6-16(24)10-21(22)25/h3-12,14,26-27H,13H2,1-2H3. The molecule has 4 rings (SSSR count). The normalized spacial score (nSPS) is 11.6. The lowest BCUT2D eigenvalue weighted by atomic mass is 10.1. The third-order valence-electron chi connectivity index (χ3n) is 5.03. The van der Waals surface area contributed by atoms with Gasteiger partial charge in [0.1, 0.15) is 11.6 Å². The van der Waals surface area contributed by atoms with Crippen molar-refractivity contribution in [1.82, 2.24) is 9.29 Å². The number of halogens is 2. The number of anilines is 2. The summed E-state index contributed by atoms with van der Waals surface area (Å²) in [6.07, 6.45) is 1.60. The molecule has 32 heavy (non-hydrogen) atoms. The molecule has 3 aromatic carbocycles.